The molecule has 4 rings (SSSR count). The van der Waals surface area contributed by atoms with Gasteiger partial charge in [-0.25, -0.2) is 4.98 Å². The van der Waals surface area contributed by atoms with Crippen LogP contribution in [0.4, 0.5) is 0 Å². The van der Waals surface area contributed by atoms with Crippen molar-refractivity contribution in [3.05, 3.63) is 57.7 Å². The van der Waals surface area contributed by atoms with E-state index in [1.807, 2.05) is 30.5 Å². The molecule has 1 heterocycles. The molecule has 108 valence electrons. The molecular formula is C17H10ClNOS2. The van der Waals surface area contributed by atoms with Crippen molar-refractivity contribution in [1.82, 2.24) is 4.98 Å². The number of aromatic nitrogens is 1. The van der Waals surface area contributed by atoms with Crippen LogP contribution in [0.15, 0.2) is 52.2 Å². The van der Waals surface area contributed by atoms with Crippen LogP contribution in [0.3, 0.4) is 0 Å². The maximum atomic E-state index is 12.4. The Morgan fingerprint density at radius 1 is 1.14 bits per heavy atom. The van der Waals surface area contributed by atoms with E-state index in [4.69, 9.17) is 16.6 Å². The van der Waals surface area contributed by atoms with E-state index in [1.165, 1.54) is 16.2 Å². The summed E-state index contributed by atoms with van der Waals surface area (Å²) >= 11 is 9.54. The fourth-order valence-corrected chi connectivity index (χ4v) is 4.45. The molecule has 1 aliphatic heterocycles. The van der Waals surface area contributed by atoms with E-state index in [9.17, 15) is 4.79 Å². The van der Waals surface area contributed by atoms with Crippen molar-refractivity contribution in [3.8, 4) is 10.6 Å². The number of fused-ring (bicyclic) bond motifs is 4. The van der Waals surface area contributed by atoms with Crippen molar-refractivity contribution >= 4 is 55.7 Å². The minimum absolute atomic E-state index is 0.122. The summed E-state index contributed by atoms with van der Waals surface area (Å²) in [4.78, 5) is 19.1. The van der Waals surface area contributed by atoms with Crippen molar-refractivity contribution in [2.24, 2.45) is 0 Å². The summed E-state index contributed by atoms with van der Waals surface area (Å²) in [5, 5.41) is 1.75. The Kier molecular flexibility index (Phi) is 3.33. The first kappa shape index (κ1) is 14.0. The Balaban J connectivity index is 2.23. The van der Waals surface area contributed by atoms with Crippen molar-refractivity contribution in [2.45, 2.75) is 4.90 Å². The van der Waals surface area contributed by atoms with Crippen molar-refractivity contribution < 1.29 is 0 Å². The summed E-state index contributed by atoms with van der Waals surface area (Å²) in [6.07, 6.45) is 2.04. The second-order valence-corrected chi connectivity index (χ2v) is 7.22. The molecule has 0 radical (unpaired) electrons. The predicted octanol–water partition coefficient (Wildman–Crippen LogP) is 5.29. The molecule has 2 nitrogen and oxygen atoms in total. The van der Waals surface area contributed by atoms with E-state index in [2.05, 4.69) is 12.1 Å². The zero-order chi connectivity index (χ0) is 15.3. The molecule has 0 fully saturated rings. The Morgan fingerprint density at radius 2 is 1.91 bits per heavy atom. The number of benzene rings is 3. The van der Waals surface area contributed by atoms with E-state index in [-0.39, 0.29) is 10.5 Å². The second kappa shape index (κ2) is 5.23. The van der Waals surface area contributed by atoms with Gasteiger partial charge in [0.25, 0.3) is 0 Å². The van der Waals surface area contributed by atoms with Gasteiger partial charge < -0.3 is 0 Å². The summed E-state index contributed by atoms with van der Waals surface area (Å²) in [7, 11) is 0. The normalized spacial score (nSPS) is 11.5. The topological polar surface area (TPSA) is 30.0 Å². The van der Waals surface area contributed by atoms with Gasteiger partial charge in [-0.2, -0.15) is 0 Å². The Labute approximate surface area is 140 Å². The van der Waals surface area contributed by atoms with Crippen molar-refractivity contribution in [3.63, 3.8) is 0 Å². The molecule has 1 aliphatic carbocycles. The molecule has 0 spiro atoms. The number of halogens is 1. The molecule has 0 N–H and O–H groups in total. The number of hydrogen-bond acceptors (Lipinski definition) is 4. The smallest absolute Gasteiger partial charge is 0.206 e. The van der Waals surface area contributed by atoms with Crippen LogP contribution in [0.25, 0.3) is 31.6 Å². The van der Waals surface area contributed by atoms with Crippen molar-refractivity contribution in [2.75, 3.05) is 6.26 Å². The fraction of sp³-hybridized carbons (Fsp3) is 0.0588. The van der Waals surface area contributed by atoms with E-state index in [0.29, 0.717) is 5.39 Å². The van der Waals surface area contributed by atoms with Gasteiger partial charge in [0.05, 0.1) is 20.8 Å². The molecule has 22 heavy (non-hydrogen) atoms. The van der Waals surface area contributed by atoms with Crippen LogP contribution < -0.4 is 5.43 Å². The molecule has 2 aromatic rings. The average Bonchev–Trinajstić information content (AvgIpc) is 2.58. The van der Waals surface area contributed by atoms with Gasteiger partial charge in [-0.05, 0) is 24.5 Å². The highest BCUT2D eigenvalue weighted by Gasteiger charge is 2.19. The standard InChI is InChI=1S/C17H10ClNOS2/c1-21-9-6-7-12-13(8-9)22-17-14(18)16(20)11-5-3-2-4-10(11)15(17)19-12/h2-8H,1H3. The third-order valence-corrected chi connectivity index (χ3v) is 6.00. The molecule has 0 saturated heterocycles. The number of rotatable bonds is 1. The SMILES string of the molecule is CSc1ccc2nc3c4ccccc4c(=O)c(Cl)c-3sc2c1. The third-order valence-electron chi connectivity index (χ3n) is 3.65. The van der Waals surface area contributed by atoms with Crippen LogP contribution in [0.5, 0.6) is 0 Å². The zero-order valence-electron chi connectivity index (χ0n) is 11.6. The van der Waals surface area contributed by atoms with Crippen LogP contribution in [0.2, 0.25) is 5.02 Å². The lowest BCUT2D eigenvalue weighted by Crippen LogP contribution is -2.05. The van der Waals surface area contributed by atoms with Crippen molar-refractivity contribution in [1.29, 1.82) is 0 Å². The average molecular weight is 344 g/mol. The molecule has 2 aromatic carbocycles. The minimum Gasteiger partial charge on any atom is -0.288 e. The lowest BCUT2D eigenvalue weighted by atomic mass is 10.1. The largest absolute Gasteiger partial charge is 0.288 e. The van der Waals surface area contributed by atoms with E-state index in [0.717, 1.165) is 26.2 Å². The van der Waals surface area contributed by atoms with Gasteiger partial charge in [-0.1, -0.05) is 35.9 Å². The van der Waals surface area contributed by atoms with Crippen LogP contribution in [-0.4, -0.2) is 11.2 Å². The van der Waals surface area contributed by atoms with Gasteiger partial charge in [-0.3, -0.25) is 4.79 Å². The zero-order valence-corrected chi connectivity index (χ0v) is 14.0. The summed E-state index contributed by atoms with van der Waals surface area (Å²) in [5.41, 5.74) is 1.60. The first-order valence-electron chi connectivity index (χ1n) is 6.68. The summed E-state index contributed by atoms with van der Waals surface area (Å²) < 4.78 is 1.04. The molecular weight excluding hydrogens is 334 g/mol. The molecule has 5 heteroatoms. The molecule has 0 bridgehead atoms. The molecule has 0 amide bonds. The van der Waals surface area contributed by atoms with E-state index < -0.39 is 0 Å². The second-order valence-electron chi connectivity index (χ2n) is 4.91. The molecule has 0 atom stereocenters. The predicted molar refractivity (Wildman–Crippen MR) is 96.8 cm³/mol. The molecule has 0 aromatic heterocycles. The van der Waals surface area contributed by atoms with Gasteiger partial charge in [0.2, 0.25) is 5.43 Å². The minimum atomic E-state index is -0.122. The lowest BCUT2D eigenvalue weighted by Gasteiger charge is -2.11. The lowest BCUT2D eigenvalue weighted by molar-refractivity contribution is 1.42. The summed E-state index contributed by atoms with van der Waals surface area (Å²) in [5.74, 6) is 0. The van der Waals surface area contributed by atoms with Gasteiger partial charge in [-0.15, -0.1) is 23.1 Å². The number of hydrogen-bond donors (Lipinski definition) is 0. The van der Waals surface area contributed by atoms with Crippen LogP contribution in [0.1, 0.15) is 0 Å². The quantitative estimate of drug-likeness (QED) is 0.267. The fourth-order valence-electron chi connectivity index (χ4n) is 2.57. The summed E-state index contributed by atoms with van der Waals surface area (Å²) in [6.45, 7) is 0. The Morgan fingerprint density at radius 3 is 2.68 bits per heavy atom. The number of nitrogens with zero attached hydrogens (tertiary/aromatic N) is 1. The third kappa shape index (κ3) is 2.02. The highest BCUT2D eigenvalue weighted by Crippen LogP contribution is 2.39. The van der Waals surface area contributed by atoms with Crippen LogP contribution in [0, 0.1) is 0 Å². The highest BCUT2D eigenvalue weighted by atomic mass is 35.5. The first-order chi connectivity index (χ1) is 10.7. The monoisotopic (exact) mass is 343 g/mol. The Hall–Kier alpha value is -1.62. The highest BCUT2D eigenvalue weighted by molar-refractivity contribution is 7.98. The number of thioether (sulfide) groups is 1. The van der Waals surface area contributed by atoms with Gasteiger partial charge in [0, 0.05) is 15.7 Å². The van der Waals surface area contributed by atoms with Gasteiger partial charge in [0.1, 0.15) is 5.02 Å². The first-order valence-corrected chi connectivity index (χ1v) is 9.10. The maximum absolute atomic E-state index is 12.4. The Bertz CT molecular complexity index is 1060. The van der Waals surface area contributed by atoms with Gasteiger partial charge in [0.15, 0.2) is 0 Å². The summed E-state index contributed by atoms with van der Waals surface area (Å²) in [6, 6.07) is 13.7. The van der Waals surface area contributed by atoms with Crippen LogP contribution in [-0.2, 0) is 0 Å². The van der Waals surface area contributed by atoms with Crippen LogP contribution >= 0.6 is 34.7 Å². The molecule has 0 unspecified atom stereocenters. The molecule has 0 saturated carbocycles. The maximum Gasteiger partial charge on any atom is 0.206 e. The van der Waals surface area contributed by atoms with E-state index in [1.54, 1.807) is 17.8 Å². The van der Waals surface area contributed by atoms with E-state index >= 15 is 0 Å². The molecule has 2 aliphatic rings. The van der Waals surface area contributed by atoms with Gasteiger partial charge >= 0.3 is 0 Å².